The number of urea groups is 1. The molecule has 0 aliphatic carbocycles. The molecule has 1 saturated heterocycles. The van der Waals surface area contributed by atoms with Gasteiger partial charge in [-0.2, -0.15) is 0 Å². The Labute approximate surface area is 200 Å². The minimum absolute atomic E-state index is 0.00902. The van der Waals surface area contributed by atoms with Gasteiger partial charge in [-0.05, 0) is 55.3 Å². The normalized spacial score (nSPS) is 16.9. The van der Waals surface area contributed by atoms with Crippen LogP contribution in [0, 0.1) is 0 Å². The third-order valence-electron chi connectivity index (χ3n) is 5.78. The summed E-state index contributed by atoms with van der Waals surface area (Å²) in [6.45, 7) is 1.28. The van der Waals surface area contributed by atoms with Crippen molar-refractivity contribution in [3.05, 3.63) is 59.7 Å². The Kier molecular flexibility index (Phi) is 7.69. The minimum Gasteiger partial charge on any atom is -0.497 e. The predicted molar refractivity (Wildman–Crippen MR) is 123 cm³/mol. The van der Waals surface area contributed by atoms with Crippen LogP contribution in [0.5, 0.6) is 5.75 Å². The van der Waals surface area contributed by atoms with Gasteiger partial charge in [-0.15, -0.1) is 0 Å². The number of anilines is 1. The number of Topliss-reactive ketones (excluding diaryl/α,β-unsaturated/α-hetero) is 1. The van der Waals surface area contributed by atoms with E-state index < -0.39 is 36.0 Å². The number of amides is 3. The third kappa shape index (κ3) is 5.75. The van der Waals surface area contributed by atoms with E-state index in [0.717, 1.165) is 4.90 Å². The van der Waals surface area contributed by atoms with Gasteiger partial charge >= 0.3 is 23.9 Å². The number of rotatable bonds is 7. The Morgan fingerprint density at radius 2 is 1.66 bits per heavy atom. The summed E-state index contributed by atoms with van der Waals surface area (Å²) in [6.07, 6.45) is 0.0723. The van der Waals surface area contributed by atoms with E-state index in [9.17, 15) is 29.1 Å². The standard InChI is InChI=1S/C24H25N3O8/c1-14(28)16-5-7-17(8-6-16)25-24(34)27(13-15-3-9-18(35-2)10-4-15)19-11-12-26(20(19)22(30)31)21(29)23(32)33/h3-10,19-20H,11-13H2,1-2H3,(H,25,34)(H,30,31)(H,32,33)/t19-,20+/m1/s1. The highest BCUT2D eigenvalue weighted by molar-refractivity contribution is 6.32. The number of carboxylic acid groups (broad SMARTS) is 2. The number of ether oxygens (including phenoxy) is 1. The molecule has 0 bridgehead atoms. The van der Waals surface area contributed by atoms with Gasteiger partial charge in [0.1, 0.15) is 5.75 Å². The van der Waals surface area contributed by atoms with Crippen molar-refractivity contribution in [2.75, 3.05) is 19.0 Å². The van der Waals surface area contributed by atoms with Gasteiger partial charge in [-0.3, -0.25) is 9.59 Å². The summed E-state index contributed by atoms with van der Waals surface area (Å²) >= 11 is 0. The van der Waals surface area contributed by atoms with Crippen LogP contribution in [-0.2, 0) is 20.9 Å². The lowest BCUT2D eigenvalue weighted by Crippen LogP contribution is -2.54. The number of benzene rings is 2. The molecule has 1 aliphatic heterocycles. The molecule has 2 aromatic carbocycles. The number of nitrogens with zero attached hydrogens (tertiary/aromatic N) is 2. The zero-order valence-electron chi connectivity index (χ0n) is 19.1. The highest BCUT2D eigenvalue weighted by Gasteiger charge is 2.47. The summed E-state index contributed by atoms with van der Waals surface area (Å²) in [7, 11) is 1.51. The summed E-state index contributed by atoms with van der Waals surface area (Å²) in [6, 6.07) is 9.83. The highest BCUT2D eigenvalue weighted by atomic mass is 16.5. The summed E-state index contributed by atoms with van der Waals surface area (Å²) < 4.78 is 5.14. The summed E-state index contributed by atoms with van der Waals surface area (Å²) in [5.74, 6) is -4.07. The van der Waals surface area contributed by atoms with E-state index >= 15 is 0 Å². The van der Waals surface area contributed by atoms with Gasteiger partial charge < -0.3 is 30.1 Å². The molecule has 2 atom stereocenters. The monoisotopic (exact) mass is 483 g/mol. The molecule has 0 saturated carbocycles. The maximum absolute atomic E-state index is 13.3. The van der Waals surface area contributed by atoms with E-state index in [0.29, 0.717) is 22.6 Å². The molecule has 0 unspecified atom stereocenters. The number of carbonyl (C=O) groups excluding carboxylic acids is 3. The SMILES string of the molecule is COc1ccc(CN(C(=O)Nc2ccc(C(C)=O)cc2)[C@@H]2CCN(C(=O)C(=O)O)[C@@H]2C(=O)O)cc1. The number of methoxy groups -OCH3 is 1. The molecular weight excluding hydrogens is 458 g/mol. The third-order valence-corrected chi connectivity index (χ3v) is 5.78. The lowest BCUT2D eigenvalue weighted by Gasteiger charge is -2.33. The van der Waals surface area contributed by atoms with E-state index in [1.54, 1.807) is 48.5 Å². The smallest absolute Gasteiger partial charge is 0.394 e. The largest absolute Gasteiger partial charge is 0.497 e. The van der Waals surface area contributed by atoms with Gasteiger partial charge in [0.05, 0.1) is 13.2 Å². The van der Waals surface area contributed by atoms with E-state index in [4.69, 9.17) is 9.84 Å². The second kappa shape index (κ2) is 10.7. The lowest BCUT2D eigenvalue weighted by atomic mass is 10.1. The molecule has 0 spiro atoms. The van der Waals surface area contributed by atoms with Gasteiger partial charge in [0.15, 0.2) is 11.8 Å². The lowest BCUT2D eigenvalue weighted by molar-refractivity contribution is -0.160. The van der Waals surface area contributed by atoms with Crippen molar-refractivity contribution in [1.29, 1.82) is 0 Å². The van der Waals surface area contributed by atoms with Crippen LogP contribution < -0.4 is 10.1 Å². The Morgan fingerprint density at radius 3 is 2.17 bits per heavy atom. The molecular formula is C24H25N3O8. The summed E-state index contributed by atoms with van der Waals surface area (Å²) in [5.41, 5.74) is 1.51. The fraction of sp³-hybridized carbons (Fsp3) is 0.292. The van der Waals surface area contributed by atoms with Crippen molar-refractivity contribution in [2.45, 2.75) is 32.0 Å². The molecule has 3 rings (SSSR count). The Hall–Kier alpha value is -4.41. The Bertz CT molecular complexity index is 1130. The van der Waals surface area contributed by atoms with Crippen molar-refractivity contribution in [3.63, 3.8) is 0 Å². The first-order valence-electron chi connectivity index (χ1n) is 10.7. The summed E-state index contributed by atoms with van der Waals surface area (Å²) in [4.78, 5) is 62.3. The van der Waals surface area contributed by atoms with Crippen molar-refractivity contribution in [1.82, 2.24) is 9.80 Å². The van der Waals surface area contributed by atoms with Gasteiger partial charge in [0.25, 0.3) is 0 Å². The van der Waals surface area contributed by atoms with E-state index in [-0.39, 0.29) is 25.3 Å². The van der Waals surface area contributed by atoms with Crippen LogP contribution in [0.4, 0.5) is 10.5 Å². The molecule has 11 nitrogen and oxygen atoms in total. The molecule has 0 radical (unpaired) electrons. The number of nitrogens with one attached hydrogen (secondary N) is 1. The molecule has 0 aromatic heterocycles. The van der Waals surface area contributed by atoms with Gasteiger partial charge in [0, 0.05) is 24.3 Å². The van der Waals surface area contributed by atoms with Crippen LogP contribution in [0.2, 0.25) is 0 Å². The van der Waals surface area contributed by atoms with Crippen molar-refractivity contribution in [3.8, 4) is 5.75 Å². The topological polar surface area (TPSA) is 154 Å². The molecule has 1 fully saturated rings. The van der Waals surface area contributed by atoms with Crippen LogP contribution in [0.3, 0.4) is 0 Å². The second-order valence-electron chi connectivity index (χ2n) is 7.98. The number of carbonyl (C=O) groups is 5. The minimum atomic E-state index is -1.77. The fourth-order valence-electron chi connectivity index (χ4n) is 4.00. The zero-order valence-corrected chi connectivity index (χ0v) is 19.1. The average Bonchev–Trinajstić information content (AvgIpc) is 3.27. The number of carboxylic acids is 2. The van der Waals surface area contributed by atoms with Crippen molar-refractivity contribution >= 4 is 35.3 Å². The molecule has 184 valence electrons. The molecule has 3 N–H and O–H groups in total. The van der Waals surface area contributed by atoms with Crippen molar-refractivity contribution < 1.29 is 38.9 Å². The molecule has 11 heteroatoms. The van der Waals surface area contributed by atoms with Crippen LogP contribution in [0.15, 0.2) is 48.5 Å². The second-order valence-corrected chi connectivity index (χ2v) is 7.98. The number of aliphatic carboxylic acids is 2. The molecule has 2 aromatic rings. The summed E-state index contributed by atoms with van der Waals surface area (Å²) in [5, 5.41) is 21.6. The van der Waals surface area contributed by atoms with Crippen LogP contribution in [0.25, 0.3) is 0 Å². The first kappa shape index (κ1) is 25.2. The molecule has 1 heterocycles. The van der Waals surface area contributed by atoms with Crippen LogP contribution in [0.1, 0.15) is 29.3 Å². The average molecular weight is 483 g/mol. The highest BCUT2D eigenvalue weighted by Crippen LogP contribution is 2.27. The maximum Gasteiger partial charge on any atom is 0.394 e. The van der Waals surface area contributed by atoms with Crippen LogP contribution >= 0.6 is 0 Å². The first-order chi connectivity index (χ1) is 16.6. The number of likely N-dealkylation sites (tertiary alicyclic amines) is 1. The molecule has 35 heavy (non-hydrogen) atoms. The number of ketones is 1. The van der Waals surface area contributed by atoms with Crippen LogP contribution in [-0.4, -0.2) is 75.4 Å². The van der Waals surface area contributed by atoms with E-state index in [1.807, 2.05) is 0 Å². The first-order valence-corrected chi connectivity index (χ1v) is 10.7. The fourth-order valence-corrected chi connectivity index (χ4v) is 4.00. The number of hydrogen-bond acceptors (Lipinski definition) is 6. The Balaban J connectivity index is 1.92. The molecule has 3 amide bonds. The predicted octanol–water partition coefficient (Wildman–Crippen LogP) is 2.07. The van der Waals surface area contributed by atoms with Gasteiger partial charge in [0.2, 0.25) is 0 Å². The zero-order chi connectivity index (χ0) is 25.7. The van der Waals surface area contributed by atoms with Gasteiger partial charge in [-0.25, -0.2) is 14.4 Å². The number of hydrogen-bond donors (Lipinski definition) is 3. The van der Waals surface area contributed by atoms with Gasteiger partial charge in [-0.1, -0.05) is 12.1 Å². The quantitative estimate of drug-likeness (QED) is 0.400. The molecule has 1 aliphatic rings. The maximum atomic E-state index is 13.3. The van der Waals surface area contributed by atoms with Crippen molar-refractivity contribution in [2.24, 2.45) is 0 Å². The van der Waals surface area contributed by atoms with E-state index in [1.165, 1.54) is 18.9 Å². The van der Waals surface area contributed by atoms with E-state index in [2.05, 4.69) is 5.32 Å². The Morgan fingerprint density at radius 1 is 1.03 bits per heavy atom.